The highest BCUT2D eigenvalue weighted by Crippen LogP contribution is 2.38. The van der Waals surface area contributed by atoms with Crippen LogP contribution in [0.1, 0.15) is 25.8 Å². The molecule has 0 aromatic heterocycles. The summed E-state index contributed by atoms with van der Waals surface area (Å²) in [5, 5.41) is 3.65. The van der Waals surface area contributed by atoms with E-state index in [1.165, 1.54) is 22.6 Å². The number of anilines is 1. The van der Waals surface area contributed by atoms with Gasteiger partial charge in [-0.05, 0) is 39.0 Å². The van der Waals surface area contributed by atoms with Crippen LogP contribution < -0.4 is 10.2 Å². The van der Waals surface area contributed by atoms with Crippen LogP contribution in [-0.2, 0) is 0 Å². The Morgan fingerprint density at radius 3 is 2.65 bits per heavy atom. The molecule has 0 radical (unpaired) electrons. The third-order valence-electron chi connectivity index (χ3n) is 4.59. The number of nitrogens with one attached hydrogen (secondary N) is 1. The van der Waals surface area contributed by atoms with Crippen LogP contribution in [-0.4, -0.2) is 23.2 Å². The van der Waals surface area contributed by atoms with Crippen molar-refractivity contribution >= 4 is 11.9 Å². The molecule has 1 aromatic carbocycles. The van der Waals surface area contributed by atoms with Gasteiger partial charge >= 0.3 is 0 Å². The van der Waals surface area contributed by atoms with Crippen LogP contribution in [0.25, 0.3) is 0 Å². The predicted octanol–water partition coefficient (Wildman–Crippen LogP) is 3.50. The second-order valence-corrected chi connectivity index (χ2v) is 6.99. The molecule has 0 fully saturated rings. The molecule has 23 heavy (non-hydrogen) atoms. The van der Waals surface area contributed by atoms with Gasteiger partial charge in [0.05, 0.1) is 11.9 Å². The first-order valence-electron chi connectivity index (χ1n) is 8.08. The van der Waals surface area contributed by atoms with Gasteiger partial charge in [0.15, 0.2) is 5.82 Å². The monoisotopic (exact) mass is 306 g/mol. The third kappa shape index (κ3) is 2.49. The zero-order chi connectivity index (χ0) is 16.0. The minimum Gasteiger partial charge on any atom is -0.314 e. The van der Waals surface area contributed by atoms with E-state index in [0.29, 0.717) is 0 Å². The molecule has 1 N–H and O–H groups in total. The van der Waals surface area contributed by atoms with Gasteiger partial charge in [0.25, 0.3) is 0 Å². The normalized spacial score (nSPS) is 22.0. The lowest BCUT2D eigenvalue weighted by Crippen LogP contribution is -2.50. The average Bonchev–Trinajstić information content (AvgIpc) is 2.54. The molecule has 3 aliphatic heterocycles. The van der Waals surface area contributed by atoms with Gasteiger partial charge < -0.3 is 15.1 Å². The highest BCUT2D eigenvalue weighted by molar-refractivity contribution is 5.74. The number of hydrogen-bond donors (Lipinski definition) is 1. The second kappa shape index (κ2) is 5.10. The van der Waals surface area contributed by atoms with Crippen molar-refractivity contribution in [3.63, 3.8) is 0 Å². The first-order valence-corrected chi connectivity index (χ1v) is 8.08. The summed E-state index contributed by atoms with van der Waals surface area (Å²) in [6.45, 7) is 7.48. The highest BCUT2D eigenvalue weighted by Gasteiger charge is 2.35. The molecule has 0 bridgehead atoms. The van der Waals surface area contributed by atoms with Gasteiger partial charge in [-0.3, -0.25) is 0 Å². The molecule has 0 saturated heterocycles. The molecule has 0 aliphatic carbocycles. The highest BCUT2D eigenvalue weighted by atomic mass is 15.3. The molecule has 118 valence electrons. The molecule has 4 rings (SSSR count). The smallest absolute Gasteiger partial charge is 0.153 e. The van der Waals surface area contributed by atoms with Crippen LogP contribution in [0.15, 0.2) is 64.9 Å². The zero-order valence-corrected chi connectivity index (χ0v) is 13.9. The number of rotatable bonds is 1. The molecule has 1 aromatic rings. The minimum atomic E-state index is 0.0925. The summed E-state index contributed by atoms with van der Waals surface area (Å²) in [6.07, 6.45) is 9.07. The molecule has 4 heteroatoms. The summed E-state index contributed by atoms with van der Waals surface area (Å²) >= 11 is 0. The zero-order valence-electron chi connectivity index (χ0n) is 13.9. The van der Waals surface area contributed by atoms with Gasteiger partial charge in [0, 0.05) is 42.3 Å². The molecule has 0 spiro atoms. The van der Waals surface area contributed by atoms with Crippen molar-refractivity contribution in [3.8, 4) is 0 Å². The first kappa shape index (κ1) is 14.3. The number of aryl methyl sites for hydroxylation is 1. The molecular formula is C19H22N4. The summed E-state index contributed by atoms with van der Waals surface area (Å²) in [5.41, 5.74) is 5.19. The van der Waals surface area contributed by atoms with Gasteiger partial charge in [-0.15, -0.1) is 0 Å². The Kier molecular flexibility index (Phi) is 3.16. The van der Waals surface area contributed by atoms with Gasteiger partial charge in [0.2, 0.25) is 0 Å². The topological polar surface area (TPSA) is 30.9 Å². The molecule has 3 aliphatic rings. The SMILES string of the molecule is Cc1ccc(N2C=C3N=CC=CN3C3=C2CNC(C)(C)C3)cc1. The van der Waals surface area contributed by atoms with Crippen molar-refractivity contribution in [2.75, 3.05) is 11.4 Å². The minimum absolute atomic E-state index is 0.0925. The molecule has 0 unspecified atom stereocenters. The van der Waals surface area contributed by atoms with Gasteiger partial charge in [-0.2, -0.15) is 0 Å². The van der Waals surface area contributed by atoms with Crippen molar-refractivity contribution in [3.05, 3.63) is 65.5 Å². The number of fused-ring (bicyclic) bond motifs is 2. The van der Waals surface area contributed by atoms with Crippen LogP contribution in [0.3, 0.4) is 0 Å². The van der Waals surface area contributed by atoms with E-state index < -0.39 is 0 Å². The van der Waals surface area contributed by atoms with Crippen LogP contribution in [0.5, 0.6) is 0 Å². The largest absolute Gasteiger partial charge is 0.314 e. The maximum absolute atomic E-state index is 4.56. The number of allylic oxidation sites excluding steroid dienone is 1. The quantitative estimate of drug-likeness (QED) is 0.861. The molecule has 0 saturated carbocycles. The Bertz CT molecular complexity index is 750. The number of nitrogens with zero attached hydrogens (tertiary/aromatic N) is 3. The van der Waals surface area contributed by atoms with Crippen molar-refractivity contribution in [2.45, 2.75) is 32.7 Å². The van der Waals surface area contributed by atoms with Gasteiger partial charge in [-0.1, -0.05) is 17.7 Å². The van der Waals surface area contributed by atoms with E-state index in [-0.39, 0.29) is 5.54 Å². The number of hydrogen-bond acceptors (Lipinski definition) is 4. The molecule has 3 heterocycles. The Labute approximate surface area is 137 Å². The molecule has 0 atom stereocenters. The summed E-state index contributed by atoms with van der Waals surface area (Å²) in [7, 11) is 0. The fourth-order valence-electron chi connectivity index (χ4n) is 3.29. The van der Waals surface area contributed by atoms with Crippen LogP contribution in [0.4, 0.5) is 5.69 Å². The lowest BCUT2D eigenvalue weighted by molar-refractivity contribution is 0.332. The van der Waals surface area contributed by atoms with Gasteiger partial charge in [0.1, 0.15) is 0 Å². The van der Waals surface area contributed by atoms with Crippen LogP contribution in [0, 0.1) is 6.92 Å². The Morgan fingerprint density at radius 1 is 1.09 bits per heavy atom. The standard InChI is InChI=1S/C19H22N4/c1-14-5-7-15(8-6-14)23-13-18-20-9-4-10-22(18)16-11-19(2,3)21-12-17(16)23/h4-10,13,21H,11-12H2,1-3H3. The lowest BCUT2D eigenvalue weighted by atomic mass is 9.91. The predicted molar refractivity (Wildman–Crippen MR) is 94.9 cm³/mol. The summed E-state index contributed by atoms with van der Waals surface area (Å²) in [5.74, 6) is 0.976. The lowest BCUT2D eigenvalue weighted by Gasteiger charge is -2.44. The van der Waals surface area contributed by atoms with E-state index in [0.717, 1.165) is 18.8 Å². The molecule has 0 amide bonds. The van der Waals surface area contributed by atoms with E-state index >= 15 is 0 Å². The van der Waals surface area contributed by atoms with E-state index in [1.807, 2.05) is 12.3 Å². The first-order chi connectivity index (χ1) is 11.0. The van der Waals surface area contributed by atoms with E-state index in [1.54, 1.807) is 0 Å². The van der Waals surface area contributed by atoms with Crippen molar-refractivity contribution in [1.82, 2.24) is 10.2 Å². The fraction of sp³-hybridized carbons (Fsp3) is 0.316. The Hall–Kier alpha value is -2.33. The van der Waals surface area contributed by atoms with Crippen molar-refractivity contribution in [1.29, 1.82) is 0 Å². The second-order valence-electron chi connectivity index (χ2n) is 6.99. The number of benzene rings is 1. The van der Waals surface area contributed by atoms with E-state index in [4.69, 9.17) is 0 Å². The number of aliphatic imine (C=N–C) groups is 1. The molecule has 4 nitrogen and oxygen atoms in total. The van der Waals surface area contributed by atoms with Crippen molar-refractivity contribution in [2.24, 2.45) is 4.99 Å². The average molecular weight is 306 g/mol. The maximum Gasteiger partial charge on any atom is 0.153 e. The Morgan fingerprint density at radius 2 is 1.87 bits per heavy atom. The Balaban J connectivity index is 1.82. The fourth-order valence-corrected chi connectivity index (χ4v) is 3.29. The van der Waals surface area contributed by atoms with Crippen LogP contribution in [0.2, 0.25) is 0 Å². The third-order valence-corrected chi connectivity index (χ3v) is 4.59. The maximum atomic E-state index is 4.56. The summed E-state index contributed by atoms with van der Waals surface area (Å²) in [4.78, 5) is 9.06. The van der Waals surface area contributed by atoms with Crippen molar-refractivity contribution < 1.29 is 0 Å². The summed E-state index contributed by atoms with van der Waals surface area (Å²) in [6, 6.07) is 8.67. The van der Waals surface area contributed by atoms with Gasteiger partial charge in [-0.25, -0.2) is 4.99 Å². The van der Waals surface area contributed by atoms with E-state index in [9.17, 15) is 0 Å². The van der Waals surface area contributed by atoms with E-state index in [2.05, 4.69) is 77.5 Å². The van der Waals surface area contributed by atoms with Crippen LogP contribution >= 0.6 is 0 Å². The summed E-state index contributed by atoms with van der Waals surface area (Å²) < 4.78 is 0. The molecular weight excluding hydrogens is 284 g/mol.